The third kappa shape index (κ3) is 2.79. The molecule has 0 aliphatic carbocycles. The van der Waals surface area contributed by atoms with Gasteiger partial charge < -0.3 is 10.4 Å². The summed E-state index contributed by atoms with van der Waals surface area (Å²) in [5.74, 6) is -0.526. The Morgan fingerprint density at radius 2 is 2.40 bits per heavy atom. The third-order valence-corrected chi connectivity index (χ3v) is 2.39. The number of aromatic nitrogens is 2. The molecule has 15 heavy (non-hydrogen) atoms. The Bertz CT molecular complexity index is 372. The highest BCUT2D eigenvalue weighted by Crippen LogP contribution is 2.17. The summed E-state index contributed by atoms with van der Waals surface area (Å²) in [5.41, 5.74) is -1.04. The summed E-state index contributed by atoms with van der Waals surface area (Å²) in [6.45, 7) is 3.37. The van der Waals surface area contributed by atoms with Crippen LogP contribution in [0.25, 0.3) is 0 Å². The van der Waals surface area contributed by atoms with E-state index in [2.05, 4.69) is 15.3 Å². The van der Waals surface area contributed by atoms with Crippen LogP contribution in [0.5, 0.6) is 0 Å². The number of carboxylic acids is 1. The first-order chi connectivity index (χ1) is 6.98. The molecule has 1 heterocycles. The van der Waals surface area contributed by atoms with E-state index < -0.39 is 11.5 Å². The zero-order valence-electron chi connectivity index (χ0n) is 8.49. The van der Waals surface area contributed by atoms with Gasteiger partial charge in [-0.05, 0) is 31.0 Å². The molecule has 0 unspecified atom stereocenters. The molecule has 0 fully saturated rings. The molecule has 0 saturated carbocycles. The first kappa shape index (κ1) is 11.7. The van der Waals surface area contributed by atoms with Crippen molar-refractivity contribution in [1.82, 2.24) is 9.97 Å². The normalized spacial score (nSPS) is 14.3. The van der Waals surface area contributed by atoms with Crippen molar-refractivity contribution in [2.75, 3.05) is 5.32 Å². The Balaban J connectivity index is 2.89. The van der Waals surface area contributed by atoms with Gasteiger partial charge in [0.25, 0.3) is 0 Å². The highest BCUT2D eigenvalue weighted by Gasteiger charge is 2.31. The summed E-state index contributed by atoms with van der Waals surface area (Å²) in [4.78, 5) is 18.6. The van der Waals surface area contributed by atoms with Gasteiger partial charge >= 0.3 is 5.97 Å². The average molecular weight is 230 g/mol. The van der Waals surface area contributed by atoms with Gasteiger partial charge in [-0.1, -0.05) is 6.92 Å². The molecule has 0 saturated heterocycles. The lowest BCUT2D eigenvalue weighted by atomic mass is 9.99. The zero-order chi connectivity index (χ0) is 11.5. The van der Waals surface area contributed by atoms with Gasteiger partial charge in [0.1, 0.15) is 11.4 Å². The number of anilines is 1. The fourth-order valence-electron chi connectivity index (χ4n) is 0.980. The number of halogens is 1. The van der Waals surface area contributed by atoms with E-state index in [1.165, 1.54) is 6.20 Å². The summed E-state index contributed by atoms with van der Waals surface area (Å²) < 4.78 is 0. The molecule has 82 valence electrons. The SMILES string of the molecule is CC[C@@](C)(Nc1ccnc(Cl)n1)C(=O)O. The molecule has 0 bridgehead atoms. The number of carbonyl (C=O) groups is 1. The summed E-state index contributed by atoms with van der Waals surface area (Å²) in [5, 5.41) is 11.9. The molecule has 1 atom stereocenters. The van der Waals surface area contributed by atoms with Crippen molar-refractivity contribution in [2.24, 2.45) is 0 Å². The average Bonchev–Trinajstić information content (AvgIpc) is 2.17. The van der Waals surface area contributed by atoms with Crippen LogP contribution in [0.4, 0.5) is 5.82 Å². The summed E-state index contributed by atoms with van der Waals surface area (Å²) in [6, 6.07) is 1.57. The molecule has 1 aromatic heterocycles. The first-order valence-corrected chi connectivity index (χ1v) is 4.86. The molecule has 0 amide bonds. The summed E-state index contributed by atoms with van der Waals surface area (Å²) in [6.07, 6.45) is 1.90. The van der Waals surface area contributed by atoms with Crippen LogP contribution in [-0.2, 0) is 4.79 Å². The van der Waals surface area contributed by atoms with E-state index in [0.29, 0.717) is 12.2 Å². The summed E-state index contributed by atoms with van der Waals surface area (Å²) in [7, 11) is 0. The molecule has 6 heteroatoms. The highest BCUT2D eigenvalue weighted by molar-refractivity contribution is 6.28. The molecule has 0 aliphatic heterocycles. The van der Waals surface area contributed by atoms with Crippen LogP contribution in [0.2, 0.25) is 5.28 Å². The number of rotatable bonds is 4. The third-order valence-electron chi connectivity index (χ3n) is 2.21. The minimum absolute atomic E-state index is 0.0869. The lowest BCUT2D eigenvalue weighted by Gasteiger charge is -2.24. The largest absolute Gasteiger partial charge is 0.480 e. The van der Waals surface area contributed by atoms with Crippen molar-refractivity contribution in [3.05, 3.63) is 17.5 Å². The van der Waals surface area contributed by atoms with Crippen molar-refractivity contribution in [3.63, 3.8) is 0 Å². The van der Waals surface area contributed by atoms with Crippen molar-refractivity contribution in [2.45, 2.75) is 25.8 Å². The molecule has 0 aromatic carbocycles. The minimum atomic E-state index is -1.04. The van der Waals surface area contributed by atoms with Gasteiger partial charge in [-0.15, -0.1) is 0 Å². The Labute approximate surface area is 92.5 Å². The second kappa shape index (κ2) is 4.44. The Kier molecular flexibility index (Phi) is 3.47. The van der Waals surface area contributed by atoms with Crippen LogP contribution in [0.1, 0.15) is 20.3 Å². The van der Waals surface area contributed by atoms with E-state index in [1.54, 1.807) is 19.9 Å². The smallest absolute Gasteiger partial charge is 0.329 e. The standard InChI is InChI=1S/C9H12ClN3O2/c1-3-9(2,7(14)15)13-6-4-5-11-8(10)12-6/h4-5H,3H2,1-2H3,(H,14,15)(H,11,12,13)/t9-/m1/s1. The van der Waals surface area contributed by atoms with E-state index in [-0.39, 0.29) is 5.28 Å². The van der Waals surface area contributed by atoms with E-state index in [9.17, 15) is 4.79 Å². The number of nitrogens with zero attached hydrogens (tertiary/aromatic N) is 2. The second-order valence-electron chi connectivity index (χ2n) is 3.33. The van der Waals surface area contributed by atoms with E-state index in [0.717, 1.165) is 0 Å². The highest BCUT2D eigenvalue weighted by atomic mass is 35.5. The maximum atomic E-state index is 11.0. The van der Waals surface area contributed by atoms with Gasteiger partial charge in [0.05, 0.1) is 0 Å². The van der Waals surface area contributed by atoms with Crippen LogP contribution in [0.15, 0.2) is 12.3 Å². The van der Waals surface area contributed by atoms with Crippen LogP contribution < -0.4 is 5.32 Å². The van der Waals surface area contributed by atoms with Crippen molar-refractivity contribution in [1.29, 1.82) is 0 Å². The molecule has 1 aromatic rings. The van der Waals surface area contributed by atoms with E-state index >= 15 is 0 Å². The predicted molar refractivity (Wildman–Crippen MR) is 57.0 cm³/mol. The predicted octanol–water partition coefficient (Wildman–Crippen LogP) is 1.80. The van der Waals surface area contributed by atoms with Crippen LogP contribution >= 0.6 is 11.6 Å². The molecule has 2 N–H and O–H groups in total. The Morgan fingerprint density at radius 1 is 1.73 bits per heavy atom. The van der Waals surface area contributed by atoms with Gasteiger partial charge in [0.2, 0.25) is 5.28 Å². The number of hydrogen-bond donors (Lipinski definition) is 2. The molecule has 0 spiro atoms. The Hall–Kier alpha value is -1.36. The van der Waals surface area contributed by atoms with E-state index in [1.807, 2.05) is 0 Å². The lowest BCUT2D eigenvalue weighted by Crippen LogP contribution is -2.42. The number of aliphatic carboxylic acids is 1. The Morgan fingerprint density at radius 3 is 2.87 bits per heavy atom. The van der Waals surface area contributed by atoms with Crippen LogP contribution in [-0.4, -0.2) is 26.6 Å². The quantitative estimate of drug-likeness (QED) is 0.770. The molecular formula is C9H12ClN3O2. The monoisotopic (exact) mass is 229 g/mol. The van der Waals surface area contributed by atoms with Crippen molar-refractivity contribution in [3.8, 4) is 0 Å². The number of hydrogen-bond acceptors (Lipinski definition) is 4. The molecular weight excluding hydrogens is 218 g/mol. The maximum Gasteiger partial charge on any atom is 0.329 e. The van der Waals surface area contributed by atoms with Crippen LogP contribution in [0.3, 0.4) is 0 Å². The van der Waals surface area contributed by atoms with Gasteiger partial charge in [-0.3, -0.25) is 0 Å². The number of carboxylic acid groups (broad SMARTS) is 1. The van der Waals surface area contributed by atoms with Crippen molar-refractivity contribution < 1.29 is 9.90 Å². The fraction of sp³-hybridized carbons (Fsp3) is 0.444. The van der Waals surface area contributed by atoms with Gasteiger partial charge in [0, 0.05) is 6.20 Å². The van der Waals surface area contributed by atoms with Gasteiger partial charge in [-0.2, -0.15) is 0 Å². The maximum absolute atomic E-state index is 11.0. The lowest BCUT2D eigenvalue weighted by molar-refractivity contribution is -0.141. The minimum Gasteiger partial charge on any atom is -0.480 e. The summed E-state index contributed by atoms with van der Waals surface area (Å²) >= 11 is 5.59. The van der Waals surface area contributed by atoms with E-state index in [4.69, 9.17) is 16.7 Å². The fourth-order valence-corrected chi connectivity index (χ4v) is 1.13. The molecule has 1 rings (SSSR count). The topological polar surface area (TPSA) is 75.1 Å². The van der Waals surface area contributed by atoms with Crippen molar-refractivity contribution >= 4 is 23.4 Å². The molecule has 5 nitrogen and oxygen atoms in total. The molecule has 0 radical (unpaired) electrons. The zero-order valence-corrected chi connectivity index (χ0v) is 9.25. The number of nitrogens with one attached hydrogen (secondary N) is 1. The second-order valence-corrected chi connectivity index (χ2v) is 3.66. The molecule has 0 aliphatic rings. The first-order valence-electron chi connectivity index (χ1n) is 4.48. The van der Waals surface area contributed by atoms with Gasteiger partial charge in [-0.25, -0.2) is 14.8 Å². The van der Waals surface area contributed by atoms with Gasteiger partial charge in [0.15, 0.2) is 0 Å². The van der Waals surface area contributed by atoms with Crippen LogP contribution in [0, 0.1) is 0 Å².